The zero-order valence-corrected chi connectivity index (χ0v) is 16.6. The molecule has 0 aliphatic rings. The summed E-state index contributed by atoms with van der Waals surface area (Å²) in [6.07, 6.45) is -1.81. The monoisotopic (exact) mass is 424 g/mol. The first-order valence-electron chi connectivity index (χ1n) is 8.94. The predicted molar refractivity (Wildman–Crippen MR) is 102 cm³/mol. The van der Waals surface area contributed by atoms with Gasteiger partial charge in [-0.1, -0.05) is 31.1 Å². The van der Waals surface area contributed by atoms with E-state index in [0.717, 1.165) is 22.6 Å². The lowest BCUT2D eigenvalue weighted by Crippen LogP contribution is -2.12. The molecule has 0 aliphatic carbocycles. The summed E-state index contributed by atoms with van der Waals surface area (Å²) in [5.41, 5.74) is 0.0529. The number of alkyl halides is 3. The van der Waals surface area contributed by atoms with Gasteiger partial charge in [-0.3, -0.25) is 4.79 Å². The molecule has 0 bridgehead atoms. The normalized spacial score (nSPS) is 11.8. The highest BCUT2D eigenvalue weighted by Gasteiger charge is 2.29. The minimum Gasteiger partial charge on any atom is -0.339 e. The van der Waals surface area contributed by atoms with Crippen molar-refractivity contribution in [2.24, 2.45) is 0 Å². The molecule has 0 unspecified atom stereocenters. The van der Waals surface area contributed by atoms with E-state index >= 15 is 0 Å². The fourth-order valence-electron chi connectivity index (χ4n) is 2.47. The maximum absolute atomic E-state index is 12.6. The van der Waals surface area contributed by atoms with Crippen molar-refractivity contribution in [1.82, 2.24) is 15.1 Å². The summed E-state index contributed by atoms with van der Waals surface area (Å²) in [4.78, 5) is 21.3. The molecule has 2 heterocycles. The molecule has 2 aromatic heterocycles. The van der Waals surface area contributed by atoms with Crippen LogP contribution >= 0.6 is 11.3 Å². The number of amides is 1. The third-order valence-corrected chi connectivity index (χ3v) is 4.94. The largest absolute Gasteiger partial charge is 0.416 e. The lowest BCUT2D eigenvalue weighted by Gasteiger charge is -2.06. The number of hydrogen-bond donors (Lipinski definition) is 1. The van der Waals surface area contributed by atoms with Gasteiger partial charge in [0.05, 0.1) is 5.56 Å². The highest BCUT2D eigenvalue weighted by atomic mass is 32.1. The Morgan fingerprint density at radius 3 is 2.59 bits per heavy atom. The van der Waals surface area contributed by atoms with Crippen molar-refractivity contribution < 1.29 is 22.5 Å². The highest BCUT2D eigenvalue weighted by molar-refractivity contribution is 7.15. The summed E-state index contributed by atoms with van der Waals surface area (Å²) in [6.45, 7) is 3.90. The Morgan fingerprint density at radius 1 is 1.24 bits per heavy atom. The Bertz CT molecular complexity index is 964. The summed E-state index contributed by atoms with van der Waals surface area (Å²) in [6, 6.07) is 5.00. The number of nitrogens with one attached hydrogen (secondary N) is 1. The van der Waals surface area contributed by atoms with Crippen molar-refractivity contribution in [1.29, 1.82) is 0 Å². The molecule has 0 fully saturated rings. The van der Waals surface area contributed by atoms with E-state index in [0.29, 0.717) is 29.7 Å². The fraction of sp³-hybridized carbons (Fsp3) is 0.368. The number of nitrogens with zero attached hydrogens (tertiary/aromatic N) is 3. The van der Waals surface area contributed by atoms with Crippen LogP contribution in [0, 0.1) is 0 Å². The van der Waals surface area contributed by atoms with E-state index in [1.807, 2.05) is 13.8 Å². The van der Waals surface area contributed by atoms with E-state index in [-0.39, 0.29) is 18.2 Å². The third kappa shape index (κ3) is 5.86. The standard InChI is InChI=1S/C19H19F3N4O2S/c1-11(2)17-25-16(28-26-17)8-7-15(27)24-18-23-10-14(29-18)9-12-3-5-13(6-4-12)19(20,21)22/h3-6,10-11H,7-9H2,1-2H3,(H,23,24,27). The summed E-state index contributed by atoms with van der Waals surface area (Å²) in [7, 11) is 0. The number of aromatic nitrogens is 3. The number of carbonyl (C=O) groups is 1. The van der Waals surface area contributed by atoms with Crippen LogP contribution < -0.4 is 5.32 Å². The van der Waals surface area contributed by atoms with Gasteiger partial charge in [0.1, 0.15) is 0 Å². The Labute approximate surface area is 169 Å². The fourth-order valence-corrected chi connectivity index (χ4v) is 3.33. The van der Waals surface area contributed by atoms with Gasteiger partial charge in [0.2, 0.25) is 11.8 Å². The van der Waals surface area contributed by atoms with Crippen molar-refractivity contribution in [3.63, 3.8) is 0 Å². The number of hydrogen-bond acceptors (Lipinski definition) is 6. The Balaban J connectivity index is 1.51. The number of thiazole rings is 1. The van der Waals surface area contributed by atoms with Crippen LogP contribution in [-0.2, 0) is 23.8 Å². The van der Waals surface area contributed by atoms with Crippen LogP contribution in [0.2, 0.25) is 0 Å². The van der Waals surface area contributed by atoms with Gasteiger partial charge in [-0.05, 0) is 17.7 Å². The summed E-state index contributed by atoms with van der Waals surface area (Å²) >= 11 is 1.28. The van der Waals surface area contributed by atoms with Gasteiger partial charge in [-0.15, -0.1) is 11.3 Å². The minimum absolute atomic E-state index is 0.153. The van der Waals surface area contributed by atoms with Crippen molar-refractivity contribution in [3.05, 3.63) is 58.2 Å². The lowest BCUT2D eigenvalue weighted by molar-refractivity contribution is -0.137. The van der Waals surface area contributed by atoms with Gasteiger partial charge >= 0.3 is 6.18 Å². The zero-order valence-electron chi connectivity index (χ0n) is 15.8. The van der Waals surface area contributed by atoms with Crippen molar-refractivity contribution in [3.8, 4) is 0 Å². The molecule has 29 heavy (non-hydrogen) atoms. The Kier molecular flexibility index (Phi) is 6.31. The maximum atomic E-state index is 12.6. The number of benzene rings is 1. The molecule has 1 N–H and O–H groups in total. The third-order valence-electron chi connectivity index (χ3n) is 4.03. The van der Waals surface area contributed by atoms with Crippen LogP contribution in [0.5, 0.6) is 0 Å². The van der Waals surface area contributed by atoms with Crippen LogP contribution in [0.3, 0.4) is 0 Å². The Hall–Kier alpha value is -2.75. The number of rotatable bonds is 7. The minimum atomic E-state index is -4.35. The van der Waals surface area contributed by atoms with E-state index in [1.54, 1.807) is 6.20 Å². The molecule has 10 heteroatoms. The maximum Gasteiger partial charge on any atom is 0.416 e. The van der Waals surface area contributed by atoms with E-state index < -0.39 is 11.7 Å². The molecular formula is C19H19F3N4O2S. The topological polar surface area (TPSA) is 80.9 Å². The zero-order chi connectivity index (χ0) is 21.0. The van der Waals surface area contributed by atoms with E-state index in [9.17, 15) is 18.0 Å². The van der Waals surface area contributed by atoms with Crippen LogP contribution in [0.4, 0.5) is 18.3 Å². The molecule has 3 rings (SSSR count). The van der Waals surface area contributed by atoms with Crippen LogP contribution in [0.25, 0.3) is 0 Å². The second-order valence-corrected chi connectivity index (χ2v) is 7.87. The predicted octanol–water partition coefficient (Wildman–Crippen LogP) is 4.83. The van der Waals surface area contributed by atoms with Crippen LogP contribution in [0.15, 0.2) is 35.0 Å². The van der Waals surface area contributed by atoms with Crippen molar-refractivity contribution >= 4 is 22.4 Å². The van der Waals surface area contributed by atoms with Gasteiger partial charge in [-0.25, -0.2) is 4.98 Å². The molecule has 3 aromatic rings. The molecular weight excluding hydrogens is 405 g/mol. The number of anilines is 1. The second kappa shape index (κ2) is 8.73. The number of carbonyl (C=O) groups excluding carboxylic acids is 1. The first-order chi connectivity index (χ1) is 13.7. The average Bonchev–Trinajstić information content (AvgIpc) is 3.29. The van der Waals surface area contributed by atoms with Gasteiger partial charge in [-0.2, -0.15) is 18.2 Å². The van der Waals surface area contributed by atoms with E-state index in [4.69, 9.17) is 4.52 Å². The molecule has 0 aliphatic heterocycles. The molecule has 6 nitrogen and oxygen atoms in total. The highest BCUT2D eigenvalue weighted by Crippen LogP contribution is 2.30. The van der Waals surface area contributed by atoms with Gasteiger partial charge in [0.25, 0.3) is 0 Å². The second-order valence-electron chi connectivity index (χ2n) is 6.75. The van der Waals surface area contributed by atoms with E-state index in [2.05, 4.69) is 20.4 Å². The SMILES string of the molecule is CC(C)c1noc(CCC(=O)Nc2ncc(Cc3ccc(C(F)(F)F)cc3)s2)n1. The smallest absolute Gasteiger partial charge is 0.339 e. The molecule has 1 aromatic carbocycles. The molecule has 0 saturated heterocycles. The number of aryl methyl sites for hydroxylation is 1. The summed E-state index contributed by atoms with van der Waals surface area (Å²) in [5.74, 6) is 0.934. The summed E-state index contributed by atoms with van der Waals surface area (Å²) in [5, 5.41) is 6.99. The quantitative estimate of drug-likeness (QED) is 0.588. The molecule has 0 spiro atoms. The molecule has 0 atom stereocenters. The number of halogens is 3. The Morgan fingerprint density at radius 2 is 1.97 bits per heavy atom. The van der Waals surface area contributed by atoms with Gasteiger partial charge in [0.15, 0.2) is 11.0 Å². The van der Waals surface area contributed by atoms with Crippen LogP contribution in [0.1, 0.15) is 53.9 Å². The average molecular weight is 424 g/mol. The first-order valence-corrected chi connectivity index (χ1v) is 9.75. The van der Waals surface area contributed by atoms with Crippen LogP contribution in [-0.4, -0.2) is 21.0 Å². The van der Waals surface area contributed by atoms with Crippen molar-refractivity contribution in [2.75, 3.05) is 5.32 Å². The van der Waals surface area contributed by atoms with Crippen molar-refractivity contribution in [2.45, 2.75) is 45.2 Å². The lowest BCUT2D eigenvalue weighted by atomic mass is 10.1. The van der Waals surface area contributed by atoms with Gasteiger partial charge < -0.3 is 9.84 Å². The summed E-state index contributed by atoms with van der Waals surface area (Å²) < 4.78 is 43.0. The first kappa shape index (κ1) is 21.0. The molecule has 154 valence electrons. The van der Waals surface area contributed by atoms with E-state index in [1.165, 1.54) is 23.5 Å². The molecule has 1 amide bonds. The molecule has 0 radical (unpaired) electrons. The van der Waals surface area contributed by atoms with Gasteiger partial charge in [0, 0.05) is 36.3 Å². The molecule has 0 saturated carbocycles.